The summed E-state index contributed by atoms with van der Waals surface area (Å²) in [7, 11) is -1.38. The predicted molar refractivity (Wildman–Crippen MR) is 85.9 cm³/mol. The van der Waals surface area contributed by atoms with E-state index in [9.17, 15) is 5.11 Å². The van der Waals surface area contributed by atoms with E-state index in [1.54, 1.807) is 6.08 Å². The van der Waals surface area contributed by atoms with Crippen LogP contribution in [0.2, 0.25) is 19.6 Å². The van der Waals surface area contributed by atoms with E-state index in [1.807, 2.05) is 36.4 Å². The lowest BCUT2D eigenvalue weighted by Gasteiger charge is -2.04. The second-order valence-corrected chi connectivity index (χ2v) is 10.0. The molecular weight excluding hydrogens is 268 g/mol. The molecule has 0 fully saturated rings. The summed E-state index contributed by atoms with van der Waals surface area (Å²) in [6, 6.07) is 9.91. The van der Waals surface area contributed by atoms with Crippen molar-refractivity contribution in [1.29, 1.82) is 0 Å². The first kappa shape index (κ1) is 18.2. The second-order valence-electron chi connectivity index (χ2n) is 5.25. The smallest absolute Gasteiger partial charge is 0.300 e. The Labute approximate surface area is 122 Å². The van der Waals surface area contributed by atoms with E-state index >= 15 is 0 Å². The minimum absolute atomic E-state index is 0.660. The van der Waals surface area contributed by atoms with E-state index in [4.69, 9.17) is 9.90 Å². The van der Waals surface area contributed by atoms with Crippen LogP contribution >= 0.6 is 0 Å². The van der Waals surface area contributed by atoms with Crippen LogP contribution in [0.4, 0.5) is 0 Å². The van der Waals surface area contributed by atoms with Crippen LogP contribution in [0, 0.1) is 11.5 Å². The molecule has 0 aliphatic heterocycles. The second kappa shape index (κ2) is 9.13. The summed E-state index contributed by atoms with van der Waals surface area (Å²) in [4.78, 5) is 9.00. The minimum atomic E-state index is -1.38. The fraction of sp³-hybridized carbons (Fsp3) is 0.312. The molecule has 4 heteroatoms. The lowest BCUT2D eigenvalue weighted by molar-refractivity contribution is -0.134. The van der Waals surface area contributed by atoms with Crippen LogP contribution in [-0.2, 0) is 4.79 Å². The number of rotatable bonds is 2. The molecule has 1 atom stereocenters. The van der Waals surface area contributed by atoms with Gasteiger partial charge in [-0.1, -0.05) is 62.0 Å². The van der Waals surface area contributed by atoms with Gasteiger partial charge in [0.25, 0.3) is 5.97 Å². The van der Waals surface area contributed by atoms with Gasteiger partial charge in [-0.25, -0.2) is 0 Å². The summed E-state index contributed by atoms with van der Waals surface area (Å²) >= 11 is 0. The van der Waals surface area contributed by atoms with Gasteiger partial charge in [-0.2, -0.15) is 0 Å². The molecule has 0 aliphatic rings. The first-order chi connectivity index (χ1) is 9.20. The van der Waals surface area contributed by atoms with Crippen LogP contribution in [0.3, 0.4) is 0 Å². The minimum Gasteiger partial charge on any atom is -0.481 e. The van der Waals surface area contributed by atoms with Gasteiger partial charge < -0.3 is 10.2 Å². The number of carbonyl (C=O) groups is 1. The molecule has 1 rings (SSSR count). The van der Waals surface area contributed by atoms with Crippen LogP contribution in [0.5, 0.6) is 0 Å². The van der Waals surface area contributed by atoms with Gasteiger partial charge in [0.1, 0.15) is 14.2 Å². The maximum Gasteiger partial charge on any atom is 0.300 e. The molecule has 1 unspecified atom stereocenters. The van der Waals surface area contributed by atoms with E-state index in [0.29, 0.717) is 0 Å². The summed E-state index contributed by atoms with van der Waals surface area (Å²) in [6.45, 7) is 7.56. The molecule has 0 saturated carbocycles. The van der Waals surface area contributed by atoms with Crippen LogP contribution in [-0.4, -0.2) is 30.4 Å². The topological polar surface area (TPSA) is 57.5 Å². The Morgan fingerprint density at radius 3 is 2.20 bits per heavy atom. The van der Waals surface area contributed by atoms with Crippen molar-refractivity contribution in [2.45, 2.75) is 32.7 Å². The van der Waals surface area contributed by atoms with Gasteiger partial charge in [0.15, 0.2) is 0 Å². The predicted octanol–water partition coefficient (Wildman–Crippen LogP) is 3.03. The molecule has 1 aromatic rings. The third-order valence-electron chi connectivity index (χ3n) is 1.87. The molecule has 108 valence electrons. The molecule has 0 amide bonds. The van der Waals surface area contributed by atoms with Crippen molar-refractivity contribution >= 4 is 20.1 Å². The van der Waals surface area contributed by atoms with Gasteiger partial charge in [0.2, 0.25) is 0 Å². The quantitative estimate of drug-likeness (QED) is 0.650. The van der Waals surface area contributed by atoms with Gasteiger partial charge in [0, 0.05) is 6.92 Å². The molecule has 2 N–H and O–H groups in total. The normalized spacial score (nSPS) is 11.8. The van der Waals surface area contributed by atoms with Gasteiger partial charge >= 0.3 is 0 Å². The van der Waals surface area contributed by atoms with E-state index in [-0.39, 0.29) is 0 Å². The lowest BCUT2D eigenvalue weighted by atomic mass is 10.2. The van der Waals surface area contributed by atoms with Crippen LogP contribution < -0.4 is 0 Å². The number of carboxylic acid groups (broad SMARTS) is 1. The SMILES string of the molecule is CC(=O)O.C[Si](C)(C)C#CC(O)C=Cc1ccccc1. The Morgan fingerprint density at radius 2 is 1.75 bits per heavy atom. The molecule has 3 nitrogen and oxygen atoms in total. The van der Waals surface area contributed by atoms with Crippen molar-refractivity contribution in [2.75, 3.05) is 0 Å². The third-order valence-corrected chi connectivity index (χ3v) is 2.76. The van der Waals surface area contributed by atoms with E-state index in [1.165, 1.54) is 0 Å². The number of benzene rings is 1. The standard InChI is InChI=1S/C14H18OSi.C2H4O2/c1-16(2,3)12-11-14(15)10-9-13-7-5-4-6-8-13;1-2(3)4/h4-10,14-15H,1-3H3;1H3,(H,3,4). The Morgan fingerprint density at radius 1 is 1.25 bits per heavy atom. The van der Waals surface area contributed by atoms with Crippen molar-refractivity contribution in [1.82, 2.24) is 0 Å². The molecule has 0 bridgehead atoms. The van der Waals surface area contributed by atoms with Gasteiger partial charge in [0.05, 0.1) is 0 Å². The van der Waals surface area contributed by atoms with Crippen molar-refractivity contribution in [2.24, 2.45) is 0 Å². The van der Waals surface area contributed by atoms with Crippen LogP contribution in [0.15, 0.2) is 36.4 Å². The summed E-state index contributed by atoms with van der Waals surface area (Å²) in [6.07, 6.45) is 2.96. The Bertz CT molecular complexity index is 486. The Balaban J connectivity index is 0.000000796. The van der Waals surface area contributed by atoms with E-state index < -0.39 is 20.1 Å². The van der Waals surface area contributed by atoms with Crippen LogP contribution in [0.25, 0.3) is 6.08 Å². The van der Waals surface area contributed by atoms with E-state index in [2.05, 4.69) is 31.1 Å². The summed E-state index contributed by atoms with van der Waals surface area (Å²) in [5.74, 6) is 2.04. The van der Waals surface area contributed by atoms with Gasteiger partial charge in [-0.3, -0.25) is 4.79 Å². The highest BCUT2D eigenvalue weighted by Crippen LogP contribution is 2.02. The molecular formula is C16H22O3Si. The van der Waals surface area contributed by atoms with Gasteiger partial charge in [-0.05, 0) is 11.6 Å². The number of hydrogen-bond acceptors (Lipinski definition) is 2. The average Bonchev–Trinajstić information content (AvgIpc) is 2.33. The maximum atomic E-state index is 9.64. The number of aliphatic carboxylic acids is 1. The largest absolute Gasteiger partial charge is 0.481 e. The lowest BCUT2D eigenvalue weighted by Crippen LogP contribution is -2.17. The Kier molecular flexibility index (Phi) is 8.29. The summed E-state index contributed by atoms with van der Waals surface area (Å²) in [5, 5.41) is 17.1. The number of hydrogen-bond donors (Lipinski definition) is 2. The zero-order valence-electron chi connectivity index (χ0n) is 12.4. The third kappa shape index (κ3) is 12.6. The highest BCUT2D eigenvalue weighted by atomic mass is 28.3. The van der Waals surface area contributed by atoms with Crippen molar-refractivity contribution in [3.63, 3.8) is 0 Å². The van der Waals surface area contributed by atoms with Crippen molar-refractivity contribution < 1.29 is 15.0 Å². The molecule has 0 aromatic heterocycles. The average molecular weight is 290 g/mol. The van der Waals surface area contributed by atoms with Crippen molar-refractivity contribution in [3.05, 3.63) is 42.0 Å². The molecule has 1 aromatic carbocycles. The van der Waals surface area contributed by atoms with Crippen molar-refractivity contribution in [3.8, 4) is 11.5 Å². The summed E-state index contributed by atoms with van der Waals surface area (Å²) in [5.41, 5.74) is 4.23. The van der Waals surface area contributed by atoms with E-state index in [0.717, 1.165) is 12.5 Å². The molecule has 0 aliphatic carbocycles. The molecule has 0 radical (unpaired) electrons. The molecule has 0 spiro atoms. The summed E-state index contributed by atoms with van der Waals surface area (Å²) < 4.78 is 0. The first-order valence-electron chi connectivity index (χ1n) is 6.34. The zero-order chi connectivity index (χ0) is 15.6. The number of aliphatic hydroxyl groups excluding tert-OH is 1. The fourth-order valence-electron chi connectivity index (χ4n) is 1.10. The first-order valence-corrected chi connectivity index (χ1v) is 9.84. The number of aliphatic hydroxyl groups is 1. The molecule has 0 heterocycles. The highest BCUT2D eigenvalue weighted by Gasteiger charge is 2.07. The number of carboxylic acids is 1. The molecule has 20 heavy (non-hydrogen) atoms. The fourth-order valence-corrected chi connectivity index (χ4v) is 1.69. The molecule has 0 saturated heterocycles. The maximum absolute atomic E-state index is 9.64. The van der Waals surface area contributed by atoms with Crippen LogP contribution in [0.1, 0.15) is 12.5 Å². The van der Waals surface area contributed by atoms with Gasteiger partial charge in [-0.15, -0.1) is 5.54 Å². The Hall–Kier alpha value is -1.83. The zero-order valence-corrected chi connectivity index (χ0v) is 13.4. The highest BCUT2D eigenvalue weighted by molar-refractivity contribution is 6.83. The monoisotopic (exact) mass is 290 g/mol.